The summed E-state index contributed by atoms with van der Waals surface area (Å²) in [7, 11) is -9.26. The highest BCUT2D eigenvalue weighted by Gasteiger charge is 2.54. The molecular weight excluding hydrogens is 597 g/mol. The SMILES string of the molecule is CC=CC(=O)OCCC[Si](C)(CCCOC(=O)C=CC)O[Si](O[Si](C)(OCC)OCC)(c1ccccc1)c1ccccc1. The molecular formula is C32H48O8Si3. The van der Waals surface area contributed by atoms with Crippen molar-refractivity contribution in [2.24, 2.45) is 0 Å². The highest BCUT2D eigenvalue weighted by Crippen LogP contribution is 2.29. The molecule has 0 heterocycles. The van der Waals surface area contributed by atoms with Crippen LogP contribution in [0.15, 0.2) is 85.0 Å². The Labute approximate surface area is 260 Å². The minimum atomic E-state index is -3.45. The summed E-state index contributed by atoms with van der Waals surface area (Å²) >= 11 is 0. The van der Waals surface area contributed by atoms with E-state index in [4.69, 9.17) is 26.6 Å². The van der Waals surface area contributed by atoms with E-state index in [2.05, 4.69) is 30.8 Å². The first-order valence-corrected chi connectivity index (χ1v) is 21.9. The number of allylic oxidation sites excluding steroid dienone is 2. The highest BCUT2D eigenvalue weighted by atomic mass is 28.5. The molecule has 0 unspecified atom stereocenters. The van der Waals surface area contributed by atoms with E-state index in [-0.39, 0.29) is 25.2 Å². The van der Waals surface area contributed by atoms with E-state index >= 15 is 0 Å². The zero-order chi connectivity index (χ0) is 31.6. The van der Waals surface area contributed by atoms with Crippen molar-refractivity contribution in [3.05, 3.63) is 85.0 Å². The predicted octanol–water partition coefficient (Wildman–Crippen LogP) is 5.51. The van der Waals surface area contributed by atoms with Crippen LogP contribution in [0.1, 0.15) is 40.5 Å². The highest BCUT2D eigenvalue weighted by molar-refractivity contribution is 7.01. The van der Waals surface area contributed by atoms with E-state index in [1.165, 1.54) is 12.2 Å². The monoisotopic (exact) mass is 644 g/mol. The van der Waals surface area contributed by atoms with Gasteiger partial charge in [0.25, 0.3) is 0 Å². The summed E-state index contributed by atoms with van der Waals surface area (Å²) in [5, 5.41) is 1.91. The molecule has 2 aromatic carbocycles. The van der Waals surface area contributed by atoms with Crippen molar-refractivity contribution >= 4 is 48.0 Å². The molecule has 0 aromatic heterocycles. The second-order valence-electron chi connectivity index (χ2n) is 10.3. The van der Waals surface area contributed by atoms with Crippen LogP contribution in [0.2, 0.25) is 25.2 Å². The molecule has 0 aliphatic rings. The van der Waals surface area contributed by atoms with E-state index in [0.717, 1.165) is 10.4 Å². The molecule has 11 heteroatoms. The van der Waals surface area contributed by atoms with Gasteiger partial charge in [-0.3, -0.25) is 0 Å². The average molecular weight is 645 g/mol. The number of carbonyl (C=O) groups is 2. The largest absolute Gasteiger partial charge is 0.489 e. The van der Waals surface area contributed by atoms with E-state index < -0.39 is 25.7 Å². The summed E-state index contributed by atoms with van der Waals surface area (Å²) in [4.78, 5) is 23.9. The molecule has 0 bridgehead atoms. The Morgan fingerprint density at radius 1 is 0.674 bits per heavy atom. The van der Waals surface area contributed by atoms with Crippen LogP contribution in [-0.2, 0) is 36.1 Å². The van der Waals surface area contributed by atoms with Gasteiger partial charge in [-0.05, 0) is 69.5 Å². The standard InChI is InChI=1S/C32H48O8Si3/c1-7-19-31(33)35-25-17-27-41(5,28-18-26-36-32(34)20-8-2)39-43(29-21-13-11-14-22-29,30-23-15-12-16-24-30)40-42(6,37-9-3)38-10-4/h7-8,11-16,19-24H,9-10,17-18,25-28H2,1-6H3. The Bertz CT molecular complexity index is 1080. The van der Waals surface area contributed by atoms with E-state index in [0.29, 0.717) is 38.1 Å². The quantitative estimate of drug-likeness (QED) is 0.0807. The summed E-state index contributed by atoms with van der Waals surface area (Å²) in [5.41, 5.74) is 0. The van der Waals surface area contributed by atoms with Crippen molar-refractivity contribution < 1.29 is 36.1 Å². The van der Waals surface area contributed by atoms with Gasteiger partial charge >= 0.3 is 29.3 Å². The van der Waals surface area contributed by atoms with Crippen LogP contribution in [0, 0.1) is 0 Å². The van der Waals surface area contributed by atoms with Gasteiger partial charge < -0.3 is 26.6 Å². The van der Waals surface area contributed by atoms with Crippen LogP contribution >= 0.6 is 0 Å². The van der Waals surface area contributed by atoms with Crippen molar-refractivity contribution in [3.8, 4) is 0 Å². The Balaban J connectivity index is 2.56. The normalized spacial score (nSPS) is 13.7. The molecule has 43 heavy (non-hydrogen) atoms. The molecule has 0 atom stereocenters. The van der Waals surface area contributed by atoms with Crippen molar-refractivity contribution in [3.63, 3.8) is 0 Å². The maximum atomic E-state index is 12.0. The van der Waals surface area contributed by atoms with Gasteiger partial charge in [-0.2, -0.15) is 0 Å². The molecule has 0 aliphatic carbocycles. The van der Waals surface area contributed by atoms with Crippen molar-refractivity contribution in [1.29, 1.82) is 0 Å². The van der Waals surface area contributed by atoms with Crippen LogP contribution < -0.4 is 10.4 Å². The number of ether oxygens (including phenoxy) is 2. The first kappa shape index (κ1) is 36.5. The number of carbonyl (C=O) groups excluding carboxylic acids is 2. The predicted molar refractivity (Wildman–Crippen MR) is 177 cm³/mol. The number of hydrogen-bond donors (Lipinski definition) is 0. The van der Waals surface area contributed by atoms with Crippen LogP contribution in [0.3, 0.4) is 0 Å². The molecule has 8 nitrogen and oxygen atoms in total. The molecule has 0 amide bonds. The van der Waals surface area contributed by atoms with Crippen LogP contribution in [0.5, 0.6) is 0 Å². The lowest BCUT2D eigenvalue weighted by Crippen LogP contribution is -2.72. The van der Waals surface area contributed by atoms with Gasteiger partial charge in [0.2, 0.25) is 0 Å². The molecule has 0 fully saturated rings. The van der Waals surface area contributed by atoms with Gasteiger partial charge in [0.05, 0.1) is 13.2 Å². The number of hydrogen-bond acceptors (Lipinski definition) is 8. The smallest absolute Gasteiger partial charge is 0.463 e. The van der Waals surface area contributed by atoms with Gasteiger partial charge in [-0.25, -0.2) is 9.59 Å². The zero-order valence-electron chi connectivity index (χ0n) is 26.5. The van der Waals surface area contributed by atoms with Gasteiger partial charge in [0.1, 0.15) is 0 Å². The van der Waals surface area contributed by atoms with Gasteiger partial charge in [0.15, 0.2) is 8.32 Å². The van der Waals surface area contributed by atoms with Gasteiger partial charge in [-0.15, -0.1) is 0 Å². The lowest BCUT2D eigenvalue weighted by atomic mass is 10.4. The van der Waals surface area contributed by atoms with E-state index in [1.54, 1.807) is 26.0 Å². The van der Waals surface area contributed by atoms with Crippen LogP contribution in [-0.4, -0.2) is 64.0 Å². The summed E-state index contributed by atoms with van der Waals surface area (Å²) < 4.78 is 38.0. The van der Waals surface area contributed by atoms with Crippen molar-refractivity contribution in [2.45, 2.75) is 65.7 Å². The second kappa shape index (κ2) is 18.9. The lowest BCUT2D eigenvalue weighted by molar-refractivity contribution is -0.138. The Morgan fingerprint density at radius 3 is 1.47 bits per heavy atom. The van der Waals surface area contributed by atoms with Crippen molar-refractivity contribution in [2.75, 3.05) is 26.4 Å². The number of rotatable bonds is 20. The van der Waals surface area contributed by atoms with E-state index in [9.17, 15) is 9.59 Å². The average Bonchev–Trinajstić information content (AvgIpc) is 2.99. The Morgan fingerprint density at radius 2 is 1.09 bits per heavy atom. The molecule has 2 aromatic rings. The number of esters is 2. The van der Waals surface area contributed by atoms with Gasteiger partial charge in [0, 0.05) is 31.9 Å². The maximum Gasteiger partial charge on any atom is 0.489 e. The topological polar surface area (TPSA) is 89.5 Å². The van der Waals surface area contributed by atoms with Crippen molar-refractivity contribution in [1.82, 2.24) is 0 Å². The summed E-state index contributed by atoms with van der Waals surface area (Å²) in [6.07, 6.45) is 7.40. The molecule has 2 rings (SSSR count). The second-order valence-corrected chi connectivity index (χ2v) is 20.5. The minimum absolute atomic E-state index is 0.280. The Hall–Kier alpha value is -2.65. The van der Waals surface area contributed by atoms with E-state index in [1.807, 2.05) is 56.8 Å². The zero-order valence-corrected chi connectivity index (χ0v) is 29.5. The Kier molecular flexibility index (Phi) is 16.1. The third-order valence-electron chi connectivity index (χ3n) is 6.63. The molecule has 0 aliphatic heterocycles. The fourth-order valence-corrected chi connectivity index (χ4v) is 18.1. The number of benzene rings is 2. The summed E-state index contributed by atoms with van der Waals surface area (Å²) in [6.45, 7) is 13.0. The van der Waals surface area contributed by atoms with Gasteiger partial charge in [-0.1, -0.05) is 72.8 Å². The summed E-state index contributed by atoms with van der Waals surface area (Å²) in [6, 6.07) is 21.6. The minimum Gasteiger partial charge on any atom is -0.463 e. The maximum absolute atomic E-state index is 12.0. The third-order valence-corrected chi connectivity index (χ3v) is 19.0. The first-order valence-electron chi connectivity index (χ1n) is 15.0. The molecule has 0 radical (unpaired) electrons. The first-order chi connectivity index (χ1) is 20.7. The molecule has 236 valence electrons. The molecule has 0 saturated carbocycles. The fraction of sp³-hybridized carbons (Fsp3) is 0.438. The molecule has 0 N–H and O–H groups in total. The van der Waals surface area contributed by atoms with Crippen LogP contribution in [0.4, 0.5) is 0 Å². The fourth-order valence-electron chi connectivity index (χ4n) is 4.80. The lowest BCUT2D eigenvalue weighted by Gasteiger charge is -2.43. The molecule has 0 spiro atoms. The third kappa shape index (κ3) is 12.1. The molecule has 0 saturated heterocycles. The van der Waals surface area contributed by atoms with Crippen LogP contribution in [0.25, 0.3) is 0 Å². The summed E-state index contributed by atoms with van der Waals surface area (Å²) in [5.74, 6) is -0.725.